The van der Waals surface area contributed by atoms with Crippen LogP contribution in [-0.4, -0.2) is 58.6 Å². The number of rotatable bonds is 11. The van der Waals surface area contributed by atoms with E-state index in [1.807, 2.05) is 61.5 Å². The fourth-order valence-electron chi connectivity index (χ4n) is 4.34. The molecule has 0 aliphatic heterocycles. The Labute approximate surface area is 250 Å². The highest BCUT2D eigenvalue weighted by Gasteiger charge is 2.36. The zero-order valence-electron chi connectivity index (χ0n) is 26.4. The molecule has 2 rings (SSSR count). The van der Waals surface area contributed by atoms with Crippen LogP contribution in [0.25, 0.3) is 0 Å². The molecule has 230 valence electrons. The number of alkyl carbamates (subject to hydrolysis) is 1. The number of hydrogen-bond donors (Lipinski definition) is 2. The van der Waals surface area contributed by atoms with Gasteiger partial charge in [-0.15, -0.1) is 0 Å². The number of likely N-dealkylation sites (N-methyl/N-ethyl adjacent to an activating group) is 1. The summed E-state index contributed by atoms with van der Waals surface area (Å²) < 4.78 is 11.0. The van der Waals surface area contributed by atoms with Gasteiger partial charge in [-0.05, 0) is 78.5 Å². The van der Waals surface area contributed by atoms with Crippen molar-refractivity contribution >= 4 is 23.9 Å². The summed E-state index contributed by atoms with van der Waals surface area (Å²) in [5, 5.41) is 5.45. The summed E-state index contributed by atoms with van der Waals surface area (Å²) >= 11 is 0. The lowest BCUT2D eigenvalue weighted by Gasteiger charge is -2.34. The van der Waals surface area contributed by atoms with Crippen molar-refractivity contribution in [3.8, 4) is 0 Å². The molecule has 9 heteroatoms. The van der Waals surface area contributed by atoms with Gasteiger partial charge in [0, 0.05) is 13.0 Å². The van der Waals surface area contributed by atoms with Crippen molar-refractivity contribution in [1.29, 1.82) is 0 Å². The molecule has 2 N–H and O–H groups in total. The third-order valence-corrected chi connectivity index (χ3v) is 6.28. The Morgan fingerprint density at radius 2 is 1.36 bits per heavy atom. The van der Waals surface area contributed by atoms with Gasteiger partial charge in [0.15, 0.2) is 0 Å². The highest BCUT2D eigenvalue weighted by molar-refractivity contribution is 5.93. The van der Waals surface area contributed by atoms with E-state index in [9.17, 15) is 19.2 Å². The molecule has 9 nitrogen and oxygen atoms in total. The Balaban J connectivity index is 2.45. The quantitative estimate of drug-likeness (QED) is 0.356. The van der Waals surface area contributed by atoms with Crippen LogP contribution >= 0.6 is 0 Å². The minimum atomic E-state index is -1.07. The number of aryl methyl sites for hydroxylation is 1. The number of ether oxygens (including phenoxy) is 2. The van der Waals surface area contributed by atoms with Crippen molar-refractivity contribution in [3.05, 3.63) is 71.3 Å². The summed E-state index contributed by atoms with van der Waals surface area (Å²) in [6.07, 6.45) is 0.280. The van der Waals surface area contributed by atoms with Gasteiger partial charge in [0.05, 0.1) is 0 Å². The first-order chi connectivity index (χ1) is 19.5. The van der Waals surface area contributed by atoms with E-state index >= 15 is 0 Å². The molecule has 42 heavy (non-hydrogen) atoms. The highest BCUT2D eigenvalue weighted by atomic mass is 16.6. The Bertz CT molecular complexity index is 1200. The van der Waals surface area contributed by atoms with Crippen molar-refractivity contribution in [2.45, 2.75) is 104 Å². The summed E-state index contributed by atoms with van der Waals surface area (Å²) in [5.41, 5.74) is 0.988. The van der Waals surface area contributed by atoms with Gasteiger partial charge in [-0.3, -0.25) is 9.59 Å². The first-order valence-corrected chi connectivity index (χ1v) is 14.5. The molecule has 0 saturated heterocycles. The Hall–Kier alpha value is -3.88. The van der Waals surface area contributed by atoms with Gasteiger partial charge in [0.1, 0.15) is 29.3 Å². The number of nitrogens with one attached hydrogen (secondary N) is 2. The number of carbonyl (C=O) groups excluding carboxylic acids is 4. The van der Waals surface area contributed by atoms with E-state index in [0.29, 0.717) is 5.56 Å². The Kier molecular flexibility index (Phi) is 12.1. The minimum absolute atomic E-state index is 0.169. The highest BCUT2D eigenvalue weighted by Crippen LogP contribution is 2.24. The maximum Gasteiger partial charge on any atom is 0.408 e. The second kappa shape index (κ2) is 14.8. The summed E-state index contributed by atoms with van der Waals surface area (Å²) in [7, 11) is 0. The Morgan fingerprint density at radius 3 is 1.86 bits per heavy atom. The molecule has 0 radical (unpaired) electrons. The normalized spacial score (nSPS) is 13.7. The van der Waals surface area contributed by atoms with Gasteiger partial charge >= 0.3 is 12.1 Å². The summed E-state index contributed by atoms with van der Waals surface area (Å²) in [4.78, 5) is 54.9. The predicted molar refractivity (Wildman–Crippen MR) is 163 cm³/mol. The molecular formula is C33H47N3O6. The average Bonchev–Trinajstić information content (AvgIpc) is 2.89. The molecular weight excluding hydrogens is 534 g/mol. The maximum atomic E-state index is 14.1. The molecule has 0 aliphatic rings. The van der Waals surface area contributed by atoms with Gasteiger partial charge in [0.25, 0.3) is 0 Å². The number of amides is 3. The summed E-state index contributed by atoms with van der Waals surface area (Å²) in [5.74, 6) is -1.58. The smallest absolute Gasteiger partial charge is 0.408 e. The minimum Gasteiger partial charge on any atom is -0.458 e. The van der Waals surface area contributed by atoms with E-state index in [1.54, 1.807) is 55.4 Å². The SMILES string of the molecule is CCc1ccc(C(C(=O)NC(Cc2ccccc2)C(=O)OC(C)(C)C)N(CC)C(=O)C(C)NC(=O)OC(C)(C)C)cc1. The van der Waals surface area contributed by atoms with Crippen molar-refractivity contribution in [3.63, 3.8) is 0 Å². The van der Waals surface area contributed by atoms with Crippen LogP contribution in [-0.2, 0) is 36.7 Å². The monoisotopic (exact) mass is 581 g/mol. The molecule has 0 heterocycles. The van der Waals surface area contributed by atoms with Crippen molar-refractivity contribution in [2.24, 2.45) is 0 Å². The van der Waals surface area contributed by atoms with Gasteiger partial charge in [-0.25, -0.2) is 9.59 Å². The fraction of sp³-hybridized carbons (Fsp3) is 0.515. The van der Waals surface area contributed by atoms with Crippen LogP contribution in [0.5, 0.6) is 0 Å². The molecule has 2 aromatic rings. The largest absolute Gasteiger partial charge is 0.458 e. The van der Waals surface area contributed by atoms with E-state index in [-0.39, 0.29) is 13.0 Å². The van der Waals surface area contributed by atoms with E-state index < -0.39 is 53.2 Å². The molecule has 0 bridgehead atoms. The van der Waals surface area contributed by atoms with Crippen LogP contribution in [0.4, 0.5) is 4.79 Å². The first kappa shape index (κ1) is 34.3. The predicted octanol–water partition coefficient (Wildman–Crippen LogP) is 5.12. The third-order valence-electron chi connectivity index (χ3n) is 6.28. The molecule has 3 atom stereocenters. The molecule has 2 aromatic carbocycles. The van der Waals surface area contributed by atoms with Crippen LogP contribution in [0, 0.1) is 0 Å². The standard InChI is InChI=1S/C33H47N3O6/c1-10-23-17-19-25(20-18-23)27(36(11-2)29(38)22(3)34-31(40)42-33(7,8)9)28(37)35-26(30(39)41-32(4,5)6)21-24-15-13-12-14-16-24/h12-20,22,26-27H,10-11,21H2,1-9H3,(H,34,40)(H,35,37). The van der Waals surface area contributed by atoms with Crippen molar-refractivity contribution < 1.29 is 28.7 Å². The van der Waals surface area contributed by atoms with Crippen LogP contribution in [0.15, 0.2) is 54.6 Å². The molecule has 0 spiro atoms. The second-order valence-electron chi connectivity index (χ2n) is 12.3. The molecule has 0 saturated carbocycles. The lowest BCUT2D eigenvalue weighted by atomic mass is 9.99. The number of benzene rings is 2. The average molecular weight is 582 g/mol. The van der Waals surface area contributed by atoms with Gasteiger partial charge in [-0.2, -0.15) is 0 Å². The van der Waals surface area contributed by atoms with Crippen LogP contribution in [0.1, 0.15) is 85.0 Å². The zero-order chi connectivity index (χ0) is 31.7. The molecule has 0 aromatic heterocycles. The maximum absolute atomic E-state index is 14.1. The third kappa shape index (κ3) is 10.8. The molecule has 0 aliphatic carbocycles. The topological polar surface area (TPSA) is 114 Å². The summed E-state index contributed by atoms with van der Waals surface area (Å²) in [6, 6.07) is 13.7. The van der Waals surface area contributed by atoms with Crippen LogP contribution < -0.4 is 10.6 Å². The molecule has 3 unspecified atom stereocenters. The van der Waals surface area contributed by atoms with Crippen LogP contribution in [0.2, 0.25) is 0 Å². The van der Waals surface area contributed by atoms with Gasteiger partial charge in [-0.1, -0.05) is 61.5 Å². The van der Waals surface area contributed by atoms with Crippen molar-refractivity contribution in [1.82, 2.24) is 15.5 Å². The first-order valence-electron chi connectivity index (χ1n) is 14.5. The Morgan fingerprint density at radius 1 is 0.786 bits per heavy atom. The molecule has 0 fully saturated rings. The summed E-state index contributed by atoms with van der Waals surface area (Å²) in [6.45, 7) is 16.0. The van der Waals surface area contributed by atoms with Crippen LogP contribution in [0.3, 0.4) is 0 Å². The lowest BCUT2D eigenvalue weighted by Crippen LogP contribution is -2.54. The molecule has 3 amide bonds. The van der Waals surface area contributed by atoms with Gasteiger partial charge in [0.2, 0.25) is 11.8 Å². The number of hydrogen-bond acceptors (Lipinski definition) is 6. The van der Waals surface area contributed by atoms with E-state index in [2.05, 4.69) is 10.6 Å². The number of esters is 1. The van der Waals surface area contributed by atoms with E-state index in [1.165, 1.54) is 4.90 Å². The van der Waals surface area contributed by atoms with Crippen molar-refractivity contribution in [2.75, 3.05) is 6.54 Å². The van der Waals surface area contributed by atoms with E-state index in [0.717, 1.165) is 17.5 Å². The fourth-order valence-corrected chi connectivity index (χ4v) is 4.34. The zero-order valence-corrected chi connectivity index (χ0v) is 26.4. The second-order valence-corrected chi connectivity index (χ2v) is 12.3. The van der Waals surface area contributed by atoms with Gasteiger partial charge < -0.3 is 25.0 Å². The number of carbonyl (C=O) groups is 4. The number of nitrogens with zero attached hydrogens (tertiary/aromatic N) is 1. The van der Waals surface area contributed by atoms with E-state index in [4.69, 9.17) is 9.47 Å². The lowest BCUT2D eigenvalue weighted by molar-refractivity contribution is -0.159.